The smallest absolute Gasteiger partial charge is 0.224 e. The number of hydrogen-bond donors (Lipinski definition) is 2. The lowest BCUT2D eigenvalue weighted by molar-refractivity contribution is -0.116. The molecule has 114 valence electrons. The summed E-state index contributed by atoms with van der Waals surface area (Å²) in [6, 6.07) is 12.0. The number of benzene rings is 2. The fraction of sp³-hybridized carbons (Fsp3) is 0.222. The van der Waals surface area contributed by atoms with Crippen molar-refractivity contribution in [3.8, 4) is 5.75 Å². The molecule has 4 nitrogen and oxygen atoms in total. The summed E-state index contributed by atoms with van der Waals surface area (Å²) in [6.45, 7) is 3.94. The molecular weight excluding hydrogens is 278 g/mol. The largest absolute Gasteiger partial charge is 0.506 e. The molecule has 0 aliphatic carbocycles. The molecule has 4 heteroatoms. The Bertz CT molecular complexity index is 707. The SMILES string of the molecule is Cc1ccc(C(=O)CCC(=O)Nc2ccccc2O)cc1C. The van der Waals surface area contributed by atoms with Crippen LogP contribution in [0.25, 0.3) is 0 Å². The molecule has 22 heavy (non-hydrogen) atoms. The van der Waals surface area contributed by atoms with Gasteiger partial charge in [0.25, 0.3) is 0 Å². The van der Waals surface area contributed by atoms with Gasteiger partial charge < -0.3 is 10.4 Å². The minimum atomic E-state index is -0.293. The number of carbonyl (C=O) groups is 2. The van der Waals surface area contributed by atoms with Crippen molar-refractivity contribution in [2.45, 2.75) is 26.7 Å². The van der Waals surface area contributed by atoms with Crippen LogP contribution in [0.2, 0.25) is 0 Å². The monoisotopic (exact) mass is 297 g/mol. The zero-order valence-electron chi connectivity index (χ0n) is 12.7. The molecule has 2 rings (SSSR count). The van der Waals surface area contributed by atoms with Crippen LogP contribution in [0.1, 0.15) is 34.3 Å². The minimum absolute atomic E-state index is 0.0105. The van der Waals surface area contributed by atoms with E-state index in [1.807, 2.05) is 26.0 Å². The number of ketones is 1. The standard InChI is InChI=1S/C18H19NO3/c1-12-7-8-14(11-13(12)2)16(20)9-10-18(22)19-15-5-3-4-6-17(15)21/h3-8,11,21H,9-10H2,1-2H3,(H,19,22). The molecule has 0 heterocycles. The Morgan fingerprint density at radius 1 is 1.00 bits per heavy atom. The van der Waals surface area contributed by atoms with Gasteiger partial charge in [-0.3, -0.25) is 9.59 Å². The van der Waals surface area contributed by atoms with Crippen LogP contribution in [0, 0.1) is 13.8 Å². The molecule has 2 N–H and O–H groups in total. The fourth-order valence-corrected chi connectivity index (χ4v) is 2.08. The van der Waals surface area contributed by atoms with E-state index in [1.165, 1.54) is 6.07 Å². The topological polar surface area (TPSA) is 66.4 Å². The number of aromatic hydroxyl groups is 1. The van der Waals surface area contributed by atoms with Crippen molar-refractivity contribution in [2.24, 2.45) is 0 Å². The number of phenolic OH excluding ortho intramolecular Hbond substituents is 1. The fourth-order valence-electron chi connectivity index (χ4n) is 2.08. The number of aryl methyl sites for hydroxylation is 2. The first-order valence-corrected chi connectivity index (χ1v) is 7.15. The van der Waals surface area contributed by atoms with Gasteiger partial charge in [0, 0.05) is 18.4 Å². The van der Waals surface area contributed by atoms with Crippen molar-refractivity contribution in [2.75, 3.05) is 5.32 Å². The lowest BCUT2D eigenvalue weighted by Gasteiger charge is -2.07. The molecule has 0 aliphatic heterocycles. The zero-order valence-corrected chi connectivity index (χ0v) is 12.7. The highest BCUT2D eigenvalue weighted by atomic mass is 16.3. The highest BCUT2D eigenvalue weighted by molar-refractivity contribution is 6.00. The van der Waals surface area contributed by atoms with Crippen LogP contribution >= 0.6 is 0 Å². The third-order valence-corrected chi connectivity index (χ3v) is 3.59. The summed E-state index contributed by atoms with van der Waals surface area (Å²) in [5.41, 5.74) is 3.17. The van der Waals surface area contributed by atoms with Gasteiger partial charge in [0.15, 0.2) is 5.78 Å². The van der Waals surface area contributed by atoms with Gasteiger partial charge in [0.1, 0.15) is 5.75 Å². The Morgan fingerprint density at radius 2 is 1.73 bits per heavy atom. The molecular formula is C18H19NO3. The Hall–Kier alpha value is -2.62. The molecule has 1 amide bonds. The molecule has 0 atom stereocenters. The second-order valence-corrected chi connectivity index (χ2v) is 5.29. The van der Waals surface area contributed by atoms with Crippen molar-refractivity contribution in [3.63, 3.8) is 0 Å². The van der Waals surface area contributed by atoms with Crippen LogP contribution in [-0.2, 0) is 4.79 Å². The van der Waals surface area contributed by atoms with Crippen LogP contribution < -0.4 is 5.32 Å². The third kappa shape index (κ3) is 3.95. The van der Waals surface area contributed by atoms with Gasteiger partial charge in [0.05, 0.1) is 5.69 Å². The lowest BCUT2D eigenvalue weighted by atomic mass is 10.0. The molecule has 0 bridgehead atoms. The van der Waals surface area contributed by atoms with E-state index >= 15 is 0 Å². The Kier molecular flexibility index (Phi) is 4.94. The van der Waals surface area contributed by atoms with Crippen molar-refractivity contribution in [3.05, 3.63) is 59.2 Å². The number of hydrogen-bond acceptors (Lipinski definition) is 3. The number of carbonyl (C=O) groups excluding carboxylic acids is 2. The third-order valence-electron chi connectivity index (χ3n) is 3.59. The van der Waals surface area contributed by atoms with Crippen molar-refractivity contribution in [1.29, 1.82) is 0 Å². The van der Waals surface area contributed by atoms with E-state index in [9.17, 15) is 14.7 Å². The van der Waals surface area contributed by atoms with Crippen LogP contribution in [-0.4, -0.2) is 16.8 Å². The molecule has 0 saturated heterocycles. The molecule has 0 fully saturated rings. The van der Waals surface area contributed by atoms with E-state index in [0.29, 0.717) is 11.3 Å². The predicted molar refractivity (Wildman–Crippen MR) is 86.2 cm³/mol. The van der Waals surface area contributed by atoms with Crippen LogP contribution in [0.5, 0.6) is 5.75 Å². The highest BCUT2D eigenvalue weighted by Gasteiger charge is 2.11. The van der Waals surface area contributed by atoms with Crippen LogP contribution in [0.3, 0.4) is 0 Å². The lowest BCUT2D eigenvalue weighted by Crippen LogP contribution is -2.13. The van der Waals surface area contributed by atoms with E-state index in [0.717, 1.165) is 11.1 Å². The molecule has 2 aromatic carbocycles. The number of nitrogens with one attached hydrogen (secondary N) is 1. The molecule has 0 aromatic heterocycles. The Labute approximate surface area is 129 Å². The minimum Gasteiger partial charge on any atom is -0.506 e. The maximum absolute atomic E-state index is 12.1. The second-order valence-electron chi connectivity index (χ2n) is 5.29. The van der Waals surface area contributed by atoms with Gasteiger partial charge in [-0.25, -0.2) is 0 Å². The first-order chi connectivity index (χ1) is 10.5. The van der Waals surface area contributed by atoms with Crippen molar-refractivity contribution < 1.29 is 14.7 Å². The summed E-state index contributed by atoms with van der Waals surface area (Å²) < 4.78 is 0. The van der Waals surface area contributed by atoms with E-state index in [4.69, 9.17) is 0 Å². The number of para-hydroxylation sites is 2. The number of phenols is 1. The number of amides is 1. The number of rotatable bonds is 5. The maximum atomic E-state index is 12.1. The van der Waals surface area contributed by atoms with E-state index in [1.54, 1.807) is 24.3 Å². The quantitative estimate of drug-likeness (QED) is 0.654. The summed E-state index contributed by atoms with van der Waals surface area (Å²) in [7, 11) is 0. The Morgan fingerprint density at radius 3 is 2.41 bits per heavy atom. The summed E-state index contributed by atoms with van der Waals surface area (Å²) in [4.78, 5) is 23.9. The van der Waals surface area contributed by atoms with Gasteiger partial charge in [-0.15, -0.1) is 0 Å². The van der Waals surface area contributed by atoms with Crippen molar-refractivity contribution in [1.82, 2.24) is 0 Å². The van der Waals surface area contributed by atoms with E-state index in [2.05, 4.69) is 5.32 Å². The Balaban J connectivity index is 1.92. The number of anilines is 1. The average Bonchev–Trinajstić information content (AvgIpc) is 2.50. The summed E-state index contributed by atoms with van der Waals surface area (Å²) in [5.74, 6) is -0.342. The predicted octanol–water partition coefficient (Wildman–Crippen LogP) is 3.61. The normalized spacial score (nSPS) is 10.3. The average molecular weight is 297 g/mol. The van der Waals surface area contributed by atoms with Crippen LogP contribution in [0.15, 0.2) is 42.5 Å². The molecule has 0 saturated carbocycles. The molecule has 2 aromatic rings. The van der Waals surface area contributed by atoms with Gasteiger partial charge >= 0.3 is 0 Å². The van der Waals surface area contributed by atoms with Gasteiger partial charge in [-0.05, 0) is 43.2 Å². The van der Waals surface area contributed by atoms with Gasteiger partial charge in [-0.1, -0.05) is 24.3 Å². The second kappa shape index (κ2) is 6.89. The maximum Gasteiger partial charge on any atom is 0.224 e. The summed E-state index contributed by atoms with van der Waals surface area (Å²) in [5, 5.41) is 12.2. The van der Waals surface area contributed by atoms with Gasteiger partial charge in [-0.2, -0.15) is 0 Å². The molecule has 0 aliphatic rings. The van der Waals surface area contributed by atoms with Crippen LogP contribution in [0.4, 0.5) is 5.69 Å². The van der Waals surface area contributed by atoms with E-state index < -0.39 is 0 Å². The summed E-state index contributed by atoms with van der Waals surface area (Å²) >= 11 is 0. The molecule has 0 unspecified atom stereocenters. The first kappa shape index (κ1) is 15.8. The summed E-state index contributed by atoms with van der Waals surface area (Å²) in [6.07, 6.45) is 0.224. The highest BCUT2D eigenvalue weighted by Crippen LogP contribution is 2.21. The number of Topliss-reactive ketones (excluding diaryl/α,β-unsaturated/α-hetero) is 1. The molecule has 0 spiro atoms. The molecule has 0 radical (unpaired) electrons. The first-order valence-electron chi connectivity index (χ1n) is 7.15. The van der Waals surface area contributed by atoms with Gasteiger partial charge in [0.2, 0.25) is 5.91 Å². The van der Waals surface area contributed by atoms with E-state index in [-0.39, 0.29) is 30.3 Å². The zero-order chi connectivity index (χ0) is 16.1. The van der Waals surface area contributed by atoms with Crippen molar-refractivity contribution >= 4 is 17.4 Å².